The van der Waals surface area contributed by atoms with Gasteiger partial charge in [-0.05, 0) is 24.7 Å². The molecule has 2 aromatic heterocycles. The number of imidazole rings is 1. The zero-order valence-corrected chi connectivity index (χ0v) is 15.1. The van der Waals surface area contributed by atoms with E-state index in [1.165, 1.54) is 25.7 Å². The number of rotatable bonds is 6. The standard InChI is InChI=1S/C18H29N5O/c1-4-14(11-24)23-13-21-15-16(19-12-20-17(15)23)22-9-7-18(5-2,6-3)8-10-22/h12-14,24H,4-11H2,1-3H3/t14-/m1/s1. The van der Waals surface area contributed by atoms with Crippen molar-refractivity contribution in [2.75, 3.05) is 24.6 Å². The fourth-order valence-electron chi connectivity index (χ4n) is 3.90. The molecule has 0 saturated carbocycles. The van der Waals surface area contributed by atoms with Gasteiger partial charge in [0.05, 0.1) is 19.0 Å². The SMILES string of the molecule is CC[C@H](CO)n1cnc2c(N3CCC(CC)(CC)CC3)ncnc21. The van der Waals surface area contributed by atoms with Crippen LogP contribution in [0.15, 0.2) is 12.7 Å². The quantitative estimate of drug-likeness (QED) is 0.880. The van der Waals surface area contributed by atoms with E-state index in [4.69, 9.17) is 0 Å². The van der Waals surface area contributed by atoms with Gasteiger partial charge in [-0.2, -0.15) is 0 Å². The Morgan fingerprint density at radius 2 is 1.83 bits per heavy atom. The van der Waals surface area contributed by atoms with Crippen molar-refractivity contribution in [1.29, 1.82) is 0 Å². The Labute approximate surface area is 143 Å². The lowest BCUT2D eigenvalue weighted by atomic mass is 9.74. The Kier molecular flexibility index (Phi) is 5.04. The summed E-state index contributed by atoms with van der Waals surface area (Å²) < 4.78 is 1.98. The molecule has 3 rings (SSSR count). The molecule has 1 aliphatic rings. The zero-order chi connectivity index (χ0) is 17.2. The monoisotopic (exact) mass is 331 g/mol. The summed E-state index contributed by atoms with van der Waals surface area (Å²) in [5.74, 6) is 0.937. The molecule has 3 heterocycles. The maximum Gasteiger partial charge on any atom is 0.165 e. The summed E-state index contributed by atoms with van der Waals surface area (Å²) in [7, 11) is 0. The summed E-state index contributed by atoms with van der Waals surface area (Å²) >= 11 is 0. The van der Waals surface area contributed by atoms with Crippen LogP contribution in [-0.4, -0.2) is 44.3 Å². The molecule has 1 aliphatic heterocycles. The molecule has 24 heavy (non-hydrogen) atoms. The molecule has 6 nitrogen and oxygen atoms in total. The number of aliphatic hydroxyl groups excluding tert-OH is 1. The van der Waals surface area contributed by atoms with Crippen LogP contribution in [0.25, 0.3) is 11.2 Å². The van der Waals surface area contributed by atoms with Crippen LogP contribution in [0.2, 0.25) is 0 Å². The fourth-order valence-corrected chi connectivity index (χ4v) is 3.90. The number of piperidine rings is 1. The summed E-state index contributed by atoms with van der Waals surface area (Å²) in [6.45, 7) is 8.83. The van der Waals surface area contributed by atoms with Crippen molar-refractivity contribution in [3.05, 3.63) is 12.7 Å². The number of nitrogens with zero attached hydrogens (tertiary/aromatic N) is 5. The smallest absolute Gasteiger partial charge is 0.165 e. The number of aliphatic hydroxyl groups is 1. The summed E-state index contributed by atoms with van der Waals surface area (Å²) in [6.07, 6.45) is 9.18. The molecule has 0 unspecified atom stereocenters. The van der Waals surface area contributed by atoms with E-state index in [2.05, 4.69) is 40.6 Å². The predicted molar refractivity (Wildman–Crippen MR) is 96.2 cm³/mol. The Bertz CT molecular complexity index is 665. The molecule has 0 aliphatic carbocycles. The van der Waals surface area contributed by atoms with Crippen LogP contribution in [0.5, 0.6) is 0 Å². The minimum absolute atomic E-state index is 0.0203. The Hall–Kier alpha value is -1.69. The third-order valence-corrected chi connectivity index (χ3v) is 6.04. The van der Waals surface area contributed by atoms with Crippen LogP contribution in [0.1, 0.15) is 58.9 Å². The molecular formula is C18H29N5O. The van der Waals surface area contributed by atoms with Gasteiger partial charge < -0.3 is 14.6 Å². The zero-order valence-electron chi connectivity index (χ0n) is 15.1. The van der Waals surface area contributed by atoms with Crippen molar-refractivity contribution in [3.63, 3.8) is 0 Å². The van der Waals surface area contributed by atoms with E-state index in [1.54, 1.807) is 12.7 Å². The van der Waals surface area contributed by atoms with Crippen LogP contribution in [-0.2, 0) is 0 Å². The first-order valence-electron chi connectivity index (χ1n) is 9.21. The number of fused-ring (bicyclic) bond motifs is 1. The van der Waals surface area contributed by atoms with Crippen molar-refractivity contribution >= 4 is 17.0 Å². The molecule has 0 spiro atoms. The maximum atomic E-state index is 9.58. The van der Waals surface area contributed by atoms with Crippen LogP contribution >= 0.6 is 0 Å². The first-order chi connectivity index (χ1) is 11.7. The average Bonchev–Trinajstić information content (AvgIpc) is 3.07. The third-order valence-electron chi connectivity index (χ3n) is 6.04. The fraction of sp³-hybridized carbons (Fsp3) is 0.722. The number of hydrogen-bond donors (Lipinski definition) is 1. The van der Waals surface area contributed by atoms with E-state index in [0.717, 1.165) is 36.5 Å². The van der Waals surface area contributed by atoms with E-state index < -0.39 is 0 Å². The lowest BCUT2D eigenvalue weighted by molar-refractivity contribution is 0.199. The highest BCUT2D eigenvalue weighted by atomic mass is 16.3. The second kappa shape index (κ2) is 7.05. The molecule has 1 N–H and O–H groups in total. The molecule has 2 aromatic rings. The van der Waals surface area contributed by atoms with Crippen LogP contribution < -0.4 is 4.90 Å². The van der Waals surface area contributed by atoms with Crippen LogP contribution in [0, 0.1) is 5.41 Å². The summed E-state index contributed by atoms with van der Waals surface area (Å²) in [5.41, 5.74) is 2.17. The average molecular weight is 331 g/mol. The lowest BCUT2D eigenvalue weighted by Gasteiger charge is -2.41. The van der Waals surface area contributed by atoms with E-state index in [9.17, 15) is 5.11 Å². The van der Waals surface area contributed by atoms with E-state index in [0.29, 0.717) is 5.41 Å². The first kappa shape index (κ1) is 17.1. The minimum atomic E-state index is 0.0203. The van der Waals surface area contributed by atoms with Gasteiger partial charge in [0.1, 0.15) is 6.33 Å². The number of aromatic nitrogens is 4. The molecule has 0 radical (unpaired) electrons. The molecule has 0 aromatic carbocycles. The molecule has 6 heteroatoms. The van der Waals surface area contributed by atoms with E-state index >= 15 is 0 Å². The second-order valence-corrected chi connectivity index (χ2v) is 6.96. The minimum Gasteiger partial charge on any atom is -0.394 e. The molecular weight excluding hydrogens is 302 g/mol. The van der Waals surface area contributed by atoms with Crippen LogP contribution in [0.4, 0.5) is 5.82 Å². The molecule has 0 amide bonds. The van der Waals surface area contributed by atoms with Crippen molar-refractivity contribution in [2.45, 2.75) is 58.9 Å². The van der Waals surface area contributed by atoms with Gasteiger partial charge in [-0.15, -0.1) is 0 Å². The molecule has 1 atom stereocenters. The normalized spacial score (nSPS) is 18.9. The lowest BCUT2D eigenvalue weighted by Crippen LogP contribution is -2.40. The van der Waals surface area contributed by atoms with Gasteiger partial charge in [-0.25, -0.2) is 15.0 Å². The highest BCUT2D eigenvalue weighted by Crippen LogP contribution is 2.39. The number of anilines is 1. The van der Waals surface area contributed by atoms with Crippen molar-refractivity contribution in [3.8, 4) is 0 Å². The summed E-state index contributed by atoms with van der Waals surface area (Å²) in [6, 6.07) is 0.0203. The highest BCUT2D eigenvalue weighted by molar-refractivity contribution is 5.83. The van der Waals surface area contributed by atoms with Gasteiger partial charge in [-0.1, -0.05) is 33.6 Å². The summed E-state index contributed by atoms with van der Waals surface area (Å²) in [5, 5.41) is 9.58. The topological polar surface area (TPSA) is 67.1 Å². The van der Waals surface area contributed by atoms with Crippen molar-refractivity contribution < 1.29 is 5.11 Å². The first-order valence-corrected chi connectivity index (χ1v) is 9.21. The van der Waals surface area contributed by atoms with E-state index in [-0.39, 0.29) is 12.6 Å². The van der Waals surface area contributed by atoms with E-state index in [1.807, 2.05) is 4.57 Å². The van der Waals surface area contributed by atoms with Gasteiger partial charge >= 0.3 is 0 Å². The Balaban J connectivity index is 1.89. The maximum absolute atomic E-state index is 9.58. The number of hydrogen-bond acceptors (Lipinski definition) is 5. The molecule has 1 fully saturated rings. The molecule has 1 saturated heterocycles. The Morgan fingerprint density at radius 3 is 2.42 bits per heavy atom. The van der Waals surface area contributed by atoms with Gasteiger partial charge in [0, 0.05) is 13.1 Å². The molecule has 132 valence electrons. The van der Waals surface area contributed by atoms with Crippen molar-refractivity contribution in [2.24, 2.45) is 5.41 Å². The van der Waals surface area contributed by atoms with Gasteiger partial charge in [0.15, 0.2) is 17.0 Å². The predicted octanol–water partition coefficient (Wildman–Crippen LogP) is 3.18. The largest absolute Gasteiger partial charge is 0.394 e. The van der Waals surface area contributed by atoms with Crippen LogP contribution in [0.3, 0.4) is 0 Å². The van der Waals surface area contributed by atoms with Crippen molar-refractivity contribution in [1.82, 2.24) is 19.5 Å². The third kappa shape index (κ3) is 2.88. The molecule has 0 bridgehead atoms. The highest BCUT2D eigenvalue weighted by Gasteiger charge is 2.32. The van der Waals surface area contributed by atoms with Gasteiger partial charge in [-0.3, -0.25) is 0 Å². The second-order valence-electron chi connectivity index (χ2n) is 6.96. The summed E-state index contributed by atoms with van der Waals surface area (Å²) in [4.78, 5) is 15.9. The Morgan fingerprint density at radius 1 is 1.12 bits per heavy atom. The van der Waals surface area contributed by atoms with Gasteiger partial charge in [0.25, 0.3) is 0 Å². The van der Waals surface area contributed by atoms with Gasteiger partial charge in [0.2, 0.25) is 0 Å².